The Kier molecular flexibility index (Phi) is 6.39. The standard InChI is InChI=1S/C15H19F3N2O2/c1-3-4-8-19-14(22)10-20(11(2)21)13-7-5-6-12(9-13)15(16,17)18/h5-7,9H,3-4,8,10H2,1-2H3,(H,19,22). The highest BCUT2D eigenvalue weighted by molar-refractivity contribution is 5.97. The molecule has 0 spiro atoms. The van der Waals surface area contributed by atoms with E-state index in [2.05, 4.69) is 5.32 Å². The maximum Gasteiger partial charge on any atom is 0.416 e. The fraction of sp³-hybridized carbons (Fsp3) is 0.467. The van der Waals surface area contributed by atoms with Crippen molar-refractivity contribution >= 4 is 17.5 Å². The molecule has 0 saturated carbocycles. The van der Waals surface area contributed by atoms with Gasteiger partial charge in [0.05, 0.1) is 5.56 Å². The van der Waals surface area contributed by atoms with E-state index in [9.17, 15) is 22.8 Å². The van der Waals surface area contributed by atoms with Crippen LogP contribution in [0.5, 0.6) is 0 Å². The second-order valence-electron chi connectivity index (χ2n) is 4.86. The Morgan fingerprint density at radius 3 is 2.50 bits per heavy atom. The highest BCUT2D eigenvalue weighted by Gasteiger charge is 2.31. The number of rotatable bonds is 6. The fourth-order valence-corrected chi connectivity index (χ4v) is 1.84. The van der Waals surface area contributed by atoms with Gasteiger partial charge in [-0.05, 0) is 24.6 Å². The second-order valence-corrected chi connectivity index (χ2v) is 4.86. The van der Waals surface area contributed by atoms with E-state index in [0.717, 1.165) is 29.9 Å². The van der Waals surface area contributed by atoms with Gasteiger partial charge in [0, 0.05) is 19.2 Å². The first-order valence-electron chi connectivity index (χ1n) is 6.97. The summed E-state index contributed by atoms with van der Waals surface area (Å²) in [5, 5.41) is 2.63. The molecule has 0 bridgehead atoms. The summed E-state index contributed by atoms with van der Waals surface area (Å²) in [5.74, 6) is -0.897. The molecule has 0 heterocycles. The first-order chi connectivity index (χ1) is 10.3. The quantitative estimate of drug-likeness (QED) is 0.820. The van der Waals surface area contributed by atoms with Crippen molar-refractivity contribution < 1.29 is 22.8 Å². The zero-order valence-corrected chi connectivity index (χ0v) is 12.5. The van der Waals surface area contributed by atoms with Gasteiger partial charge in [-0.15, -0.1) is 0 Å². The number of benzene rings is 1. The monoisotopic (exact) mass is 316 g/mol. The van der Waals surface area contributed by atoms with Crippen LogP contribution in [-0.4, -0.2) is 24.9 Å². The van der Waals surface area contributed by atoms with Crippen LogP contribution in [0.2, 0.25) is 0 Å². The number of nitrogens with zero attached hydrogens (tertiary/aromatic N) is 1. The third kappa shape index (κ3) is 5.38. The Morgan fingerprint density at radius 2 is 1.95 bits per heavy atom. The molecule has 1 aromatic rings. The van der Waals surface area contributed by atoms with Crippen molar-refractivity contribution in [1.29, 1.82) is 0 Å². The van der Waals surface area contributed by atoms with Crippen LogP contribution in [0, 0.1) is 0 Å². The molecule has 0 unspecified atom stereocenters. The lowest BCUT2D eigenvalue weighted by atomic mass is 10.1. The Balaban J connectivity index is 2.88. The van der Waals surface area contributed by atoms with Gasteiger partial charge in [-0.1, -0.05) is 19.4 Å². The van der Waals surface area contributed by atoms with Crippen LogP contribution in [0.1, 0.15) is 32.3 Å². The average molecular weight is 316 g/mol. The lowest BCUT2D eigenvalue weighted by molar-refractivity contribution is -0.137. The Labute approximate surface area is 127 Å². The van der Waals surface area contributed by atoms with Crippen molar-refractivity contribution in [1.82, 2.24) is 5.32 Å². The van der Waals surface area contributed by atoms with E-state index in [1.807, 2.05) is 6.92 Å². The molecule has 0 saturated heterocycles. The summed E-state index contributed by atoms with van der Waals surface area (Å²) in [6.07, 6.45) is -2.79. The number of hydrogen-bond acceptors (Lipinski definition) is 2. The normalized spacial score (nSPS) is 11.1. The molecule has 4 nitrogen and oxygen atoms in total. The smallest absolute Gasteiger partial charge is 0.355 e. The third-order valence-corrected chi connectivity index (χ3v) is 3.02. The Morgan fingerprint density at radius 1 is 1.27 bits per heavy atom. The molecule has 122 valence electrons. The van der Waals surface area contributed by atoms with Gasteiger partial charge in [-0.25, -0.2) is 0 Å². The Bertz CT molecular complexity index is 530. The largest absolute Gasteiger partial charge is 0.416 e. The van der Waals surface area contributed by atoms with Gasteiger partial charge < -0.3 is 10.2 Å². The van der Waals surface area contributed by atoms with Gasteiger partial charge >= 0.3 is 6.18 Å². The van der Waals surface area contributed by atoms with Gasteiger partial charge in [0.2, 0.25) is 11.8 Å². The molecule has 2 amide bonds. The van der Waals surface area contributed by atoms with Crippen LogP contribution >= 0.6 is 0 Å². The number of anilines is 1. The molecule has 7 heteroatoms. The summed E-state index contributed by atoms with van der Waals surface area (Å²) in [5.41, 5.74) is -0.810. The first-order valence-corrected chi connectivity index (χ1v) is 6.97. The molecule has 1 N–H and O–H groups in total. The molecule has 22 heavy (non-hydrogen) atoms. The third-order valence-electron chi connectivity index (χ3n) is 3.02. The number of halogens is 3. The van der Waals surface area contributed by atoms with Crippen LogP contribution in [0.25, 0.3) is 0 Å². The molecular formula is C15H19F3N2O2. The molecule has 1 aromatic carbocycles. The molecule has 0 aromatic heterocycles. The van der Waals surface area contributed by atoms with Crippen LogP contribution in [0.4, 0.5) is 18.9 Å². The van der Waals surface area contributed by atoms with Crippen LogP contribution in [0.3, 0.4) is 0 Å². The summed E-state index contributed by atoms with van der Waals surface area (Å²) < 4.78 is 38.2. The molecule has 0 aliphatic heterocycles. The summed E-state index contributed by atoms with van der Waals surface area (Å²) in [7, 11) is 0. The van der Waals surface area contributed by atoms with E-state index in [4.69, 9.17) is 0 Å². The predicted octanol–water partition coefficient (Wildman–Crippen LogP) is 2.97. The highest BCUT2D eigenvalue weighted by Crippen LogP contribution is 2.31. The number of carbonyl (C=O) groups is 2. The SMILES string of the molecule is CCCCNC(=O)CN(C(C)=O)c1cccc(C(F)(F)F)c1. The Hall–Kier alpha value is -2.05. The minimum atomic E-state index is -4.50. The average Bonchev–Trinajstić information content (AvgIpc) is 2.44. The minimum absolute atomic E-state index is 0.0490. The molecule has 1 rings (SSSR count). The maximum absolute atomic E-state index is 12.7. The fourth-order valence-electron chi connectivity index (χ4n) is 1.84. The number of nitrogens with one attached hydrogen (secondary N) is 1. The molecular weight excluding hydrogens is 297 g/mol. The van der Waals surface area contributed by atoms with E-state index in [1.54, 1.807) is 0 Å². The number of alkyl halides is 3. The van der Waals surface area contributed by atoms with Gasteiger partial charge in [-0.3, -0.25) is 9.59 Å². The van der Waals surface area contributed by atoms with Crippen molar-refractivity contribution in [3.63, 3.8) is 0 Å². The van der Waals surface area contributed by atoms with Crippen LogP contribution in [-0.2, 0) is 15.8 Å². The van der Waals surface area contributed by atoms with Crippen LogP contribution in [0.15, 0.2) is 24.3 Å². The lowest BCUT2D eigenvalue weighted by Crippen LogP contribution is -2.40. The number of hydrogen-bond donors (Lipinski definition) is 1. The predicted molar refractivity (Wildman–Crippen MR) is 77.4 cm³/mol. The lowest BCUT2D eigenvalue weighted by Gasteiger charge is -2.21. The minimum Gasteiger partial charge on any atom is -0.355 e. The van der Waals surface area contributed by atoms with Gasteiger partial charge in [0.1, 0.15) is 6.54 Å². The molecule has 0 atom stereocenters. The van der Waals surface area contributed by atoms with E-state index < -0.39 is 23.6 Å². The van der Waals surface area contributed by atoms with Crippen molar-refractivity contribution in [2.75, 3.05) is 18.0 Å². The van der Waals surface area contributed by atoms with Crippen molar-refractivity contribution in [3.05, 3.63) is 29.8 Å². The van der Waals surface area contributed by atoms with E-state index in [0.29, 0.717) is 6.54 Å². The zero-order valence-electron chi connectivity index (χ0n) is 12.5. The zero-order chi connectivity index (χ0) is 16.8. The topological polar surface area (TPSA) is 49.4 Å². The highest BCUT2D eigenvalue weighted by atomic mass is 19.4. The number of unbranched alkanes of at least 4 members (excludes halogenated alkanes) is 1. The van der Waals surface area contributed by atoms with Crippen LogP contribution < -0.4 is 10.2 Å². The molecule has 0 aliphatic carbocycles. The van der Waals surface area contributed by atoms with Crippen molar-refractivity contribution in [2.24, 2.45) is 0 Å². The summed E-state index contributed by atoms with van der Waals surface area (Å²) in [6, 6.07) is 4.36. The summed E-state index contributed by atoms with van der Waals surface area (Å²) in [4.78, 5) is 24.4. The first kappa shape index (κ1) is 18.0. The number of amides is 2. The summed E-state index contributed by atoms with van der Waals surface area (Å²) >= 11 is 0. The van der Waals surface area contributed by atoms with E-state index >= 15 is 0 Å². The number of carbonyl (C=O) groups excluding carboxylic acids is 2. The van der Waals surface area contributed by atoms with Gasteiger partial charge in [0.15, 0.2) is 0 Å². The summed E-state index contributed by atoms with van der Waals surface area (Å²) in [6.45, 7) is 3.35. The van der Waals surface area contributed by atoms with Gasteiger partial charge in [-0.2, -0.15) is 13.2 Å². The van der Waals surface area contributed by atoms with Crippen molar-refractivity contribution in [3.8, 4) is 0 Å². The molecule has 0 fully saturated rings. The van der Waals surface area contributed by atoms with Gasteiger partial charge in [0.25, 0.3) is 0 Å². The van der Waals surface area contributed by atoms with E-state index in [-0.39, 0.29) is 12.2 Å². The maximum atomic E-state index is 12.7. The second kappa shape index (κ2) is 7.82. The van der Waals surface area contributed by atoms with Crippen molar-refractivity contribution in [2.45, 2.75) is 32.9 Å². The molecule has 0 radical (unpaired) electrons. The van der Waals surface area contributed by atoms with E-state index in [1.165, 1.54) is 19.1 Å². The molecule has 0 aliphatic rings.